The van der Waals surface area contributed by atoms with Crippen LogP contribution in [0.15, 0.2) is 6.07 Å². The van der Waals surface area contributed by atoms with E-state index in [-0.39, 0.29) is 0 Å². The van der Waals surface area contributed by atoms with Crippen molar-refractivity contribution in [3.8, 4) is 0 Å². The predicted octanol–water partition coefficient (Wildman–Crippen LogP) is 3.39. The second kappa shape index (κ2) is 7.14. The van der Waals surface area contributed by atoms with Gasteiger partial charge in [-0.2, -0.15) is 0 Å². The van der Waals surface area contributed by atoms with Crippen LogP contribution in [0.5, 0.6) is 0 Å². The Morgan fingerprint density at radius 1 is 1.29 bits per heavy atom. The fourth-order valence-corrected chi connectivity index (χ4v) is 3.19. The van der Waals surface area contributed by atoms with Gasteiger partial charge in [-0.3, -0.25) is 0 Å². The first-order chi connectivity index (χ1) is 8.12. The van der Waals surface area contributed by atoms with Crippen LogP contribution in [0.2, 0.25) is 0 Å². The van der Waals surface area contributed by atoms with Crippen molar-refractivity contribution in [1.82, 2.24) is 5.32 Å². The summed E-state index contributed by atoms with van der Waals surface area (Å²) in [6.07, 6.45) is 2.48. The lowest BCUT2D eigenvalue weighted by molar-refractivity contribution is 0.414. The molecule has 3 N–H and O–H groups in total. The van der Waals surface area contributed by atoms with E-state index in [9.17, 15) is 0 Å². The van der Waals surface area contributed by atoms with Crippen molar-refractivity contribution < 1.29 is 0 Å². The normalized spacial score (nSPS) is 13.3. The first-order valence-corrected chi connectivity index (χ1v) is 7.44. The molecule has 1 rings (SSSR count). The van der Waals surface area contributed by atoms with Crippen LogP contribution in [-0.2, 0) is 0 Å². The van der Waals surface area contributed by atoms with Crippen molar-refractivity contribution in [3.05, 3.63) is 21.4 Å². The highest BCUT2D eigenvalue weighted by molar-refractivity contribution is 7.12. The van der Waals surface area contributed by atoms with Crippen LogP contribution in [0.1, 0.15) is 48.0 Å². The van der Waals surface area contributed by atoms with Crippen LogP contribution < -0.4 is 11.1 Å². The topological polar surface area (TPSA) is 38.0 Å². The van der Waals surface area contributed by atoms with Gasteiger partial charge in [0.25, 0.3) is 0 Å². The van der Waals surface area contributed by atoms with E-state index in [1.54, 1.807) is 0 Å². The van der Waals surface area contributed by atoms with E-state index in [1.807, 2.05) is 11.3 Å². The van der Waals surface area contributed by atoms with Gasteiger partial charge in [0.2, 0.25) is 0 Å². The first-order valence-electron chi connectivity index (χ1n) is 6.62. The summed E-state index contributed by atoms with van der Waals surface area (Å²) >= 11 is 1.86. The average molecular weight is 254 g/mol. The number of hydrogen-bond donors (Lipinski definition) is 2. The summed E-state index contributed by atoms with van der Waals surface area (Å²) in [4.78, 5) is 2.77. The molecule has 0 fully saturated rings. The average Bonchev–Trinajstić information content (AvgIpc) is 2.64. The lowest BCUT2D eigenvalue weighted by Gasteiger charge is -2.20. The summed E-state index contributed by atoms with van der Waals surface area (Å²) in [6, 6.07) is 2.60. The van der Waals surface area contributed by atoms with Crippen LogP contribution in [0.25, 0.3) is 0 Å². The molecule has 1 heterocycles. The van der Waals surface area contributed by atoms with Gasteiger partial charge >= 0.3 is 0 Å². The highest BCUT2D eigenvalue weighted by atomic mass is 32.1. The van der Waals surface area contributed by atoms with Crippen LogP contribution in [0.4, 0.5) is 0 Å². The Morgan fingerprint density at radius 3 is 2.35 bits per heavy atom. The molecule has 2 nitrogen and oxygen atoms in total. The van der Waals surface area contributed by atoms with E-state index in [0.717, 1.165) is 12.5 Å². The molecule has 0 saturated heterocycles. The molecule has 0 saturated carbocycles. The maximum absolute atomic E-state index is 5.89. The number of nitrogens with one attached hydrogen (secondary N) is 1. The highest BCUT2D eigenvalue weighted by Gasteiger charge is 2.15. The van der Waals surface area contributed by atoms with Crippen molar-refractivity contribution in [1.29, 1.82) is 0 Å². The van der Waals surface area contributed by atoms with Crippen LogP contribution in [0, 0.1) is 19.8 Å². The van der Waals surface area contributed by atoms with Gasteiger partial charge in [0.15, 0.2) is 0 Å². The number of thiophene rings is 1. The molecule has 0 aliphatic rings. The molecule has 1 aromatic heterocycles. The zero-order valence-corrected chi connectivity index (χ0v) is 12.4. The van der Waals surface area contributed by atoms with Gasteiger partial charge in [0.05, 0.1) is 0 Å². The minimum Gasteiger partial charge on any atom is -0.329 e. The molecule has 0 aliphatic heterocycles. The van der Waals surface area contributed by atoms with E-state index in [0.29, 0.717) is 12.6 Å². The number of hydrogen-bond acceptors (Lipinski definition) is 3. The molecule has 0 radical (unpaired) electrons. The van der Waals surface area contributed by atoms with Crippen molar-refractivity contribution in [3.63, 3.8) is 0 Å². The molecule has 0 bridgehead atoms. The van der Waals surface area contributed by atoms with E-state index in [2.05, 4.69) is 39.1 Å². The SMILES string of the molecule is CCC(CC)CNC(CN)c1cc(C)sc1C. The molecular weight excluding hydrogens is 228 g/mol. The van der Waals surface area contributed by atoms with Crippen molar-refractivity contribution >= 4 is 11.3 Å². The van der Waals surface area contributed by atoms with Gasteiger partial charge in [-0.25, -0.2) is 0 Å². The van der Waals surface area contributed by atoms with Gasteiger partial charge in [-0.05, 0) is 37.9 Å². The smallest absolute Gasteiger partial charge is 0.0455 e. The highest BCUT2D eigenvalue weighted by Crippen LogP contribution is 2.26. The molecule has 3 heteroatoms. The lowest BCUT2D eigenvalue weighted by atomic mass is 10.0. The molecular formula is C14H26N2S. The Bertz CT molecular complexity index is 329. The van der Waals surface area contributed by atoms with Gasteiger partial charge in [-0.15, -0.1) is 11.3 Å². The largest absolute Gasteiger partial charge is 0.329 e. The van der Waals surface area contributed by atoms with Gasteiger partial charge in [0.1, 0.15) is 0 Å². The summed E-state index contributed by atoms with van der Waals surface area (Å²) in [5, 5.41) is 3.62. The van der Waals surface area contributed by atoms with Crippen LogP contribution >= 0.6 is 11.3 Å². The molecule has 1 atom stereocenters. The van der Waals surface area contributed by atoms with Gasteiger partial charge in [-0.1, -0.05) is 26.7 Å². The summed E-state index contributed by atoms with van der Waals surface area (Å²) < 4.78 is 0. The minimum atomic E-state index is 0.320. The minimum absolute atomic E-state index is 0.320. The fourth-order valence-electron chi connectivity index (χ4n) is 2.20. The maximum Gasteiger partial charge on any atom is 0.0455 e. The van der Waals surface area contributed by atoms with Gasteiger partial charge in [0, 0.05) is 22.3 Å². The maximum atomic E-state index is 5.89. The number of aryl methyl sites for hydroxylation is 2. The summed E-state index contributed by atoms with van der Waals surface area (Å²) in [7, 11) is 0. The molecule has 98 valence electrons. The molecule has 1 unspecified atom stereocenters. The second-order valence-electron chi connectivity index (χ2n) is 4.75. The Kier molecular flexibility index (Phi) is 6.17. The van der Waals surface area contributed by atoms with E-state index >= 15 is 0 Å². The monoisotopic (exact) mass is 254 g/mol. The van der Waals surface area contributed by atoms with E-state index in [1.165, 1.54) is 28.2 Å². The summed E-state index contributed by atoms with van der Waals surface area (Å²) in [6.45, 7) is 10.6. The van der Waals surface area contributed by atoms with Crippen molar-refractivity contribution in [2.75, 3.05) is 13.1 Å². The van der Waals surface area contributed by atoms with Crippen molar-refractivity contribution in [2.24, 2.45) is 11.7 Å². The summed E-state index contributed by atoms with van der Waals surface area (Å²) in [5.74, 6) is 0.768. The van der Waals surface area contributed by atoms with E-state index < -0.39 is 0 Å². The van der Waals surface area contributed by atoms with E-state index in [4.69, 9.17) is 5.73 Å². The molecule has 0 spiro atoms. The Labute approximate surface area is 110 Å². The molecule has 0 amide bonds. The third-order valence-electron chi connectivity index (χ3n) is 3.50. The molecule has 0 aliphatic carbocycles. The Morgan fingerprint density at radius 2 is 1.94 bits per heavy atom. The quantitative estimate of drug-likeness (QED) is 0.783. The molecule has 0 aromatic carbocycles. The predicted molar refractivity (Wildman–Crippen MR) is 77.7 cm³/mol. The zero-order valence-electron chi connectivity index (χ0n) is 11.5. The lowest BCUT2D eigenvalue weighted by Crippen LogP contribution is -2.32. The molecule has 1 aromatic rings. The number of rotatable bonds is 7. The Hall–Kier alpha value is -0.380. The third kappa shape index (κ3) is 4.09. The fraction of sp³-hybridized carbons (Fsp3) is 0.714. The van der Waals surface area contributed by atoms with Gasteiger partial charge < -0.3 is 11.1 Å². The first kappa shape index (κ1) is 14.7. The number of nitrogens with two attached hydrogens (primary N) is 1. The Balaban J connectivity index is 2.62. The van der Waals surface area contributed by atoms with Crippen LogP contribution in [0.3, 0.4) is 0 Å². The second-order valence-corrected chi connectivity index (χ2v) is 6.21. The molecule has 17 heavy (non-hydrogen) atoms. The standard InChI is InChI=1S/C14H26N2S/c1-5-12(6-2)9-16-14(8-15)13-7-10(3)17-11(13)4/h7,12,14,16H,5-6,8-9,15H2,1-4H3. The van der Waals surface area contributed by atoms with Crippen LogP contribution in [-0.4, -0.2) is 13.1 Å². The summed E-state index contributed by atoms with van der Waals surface area (Å²) in [5.41, 5.74) is 7.28. The third-order valence-corrected chi connectivity index (χ3v) is 4.48. The van der Waals surface area contributed by atoms with Crippen molar-refractivity contribution in [2.45, 2.75) is 46.6 Å². The zero-order chi connectivity index (χ0) is 12.8.